The molecule has 6 nitrogen and oxygen atoms in total. The molecule has 0 aromatic heterocycles. The van der Waals surface area contributed by atoms with E-state index in [0.29, 0.717) is 5.56 Å². The number of nitrogens with one attached hydrogen (secondary N) is 1. The minimum atomic E-state index is -0.591. The van der Waals surface area contributed by atoms with Gasteiger partial charge in [-0.2, -0.15) is 0 Å². The molecule has 0 fully saturated rings. The van der Waals surface area contributed by atoms with Crippen molar-refractivity contribution in [3.8, 4) is 17.2 Å². The lowest BCUT2D eigenvalue weighted by molar-refractivity contribution is 0.0943. The second-order valence-electron chi connectivity index (χ2n) is 6.17. The zero-order valence-corrected chi connectivity index (χ0v) is 14.5. The number of amides is 1. The van der Waals surface area contributed by atoms with Crippen molar-refractivity contribution in [2.75, 3.05) is 13.7 Å². The molecule has 3 N–H and O–H groups in total. The zero-order chi connectivity index (χ0) is 18.4. The SMILES string of the molecule is COc1cccc(C(=O)NCC(C)(C)N=Cc2ccccc2O)c1O. The summed E-state index contributed by atoms with van der Waals surface area (Å²) in [6, 6.07) is 11.6. The van der Waals surface area contributed by atoms with Crippen LogP contribution in [0.4, 0.5) is 0 Å². The Hall–Kier alpha value is -3.02. The van der Waals surface area contributed by atoms with Crippen molar-refractivity contribution in [1.82, 2.24) is 5.32 Å². The van der Waals surface area contributed by atoms with Crippen LogP contribution in [0.15, 0.2) is 47.5 Å². The maximum Gasteiger partial charge on any atom is 0.255 e. The van der Waals surface area contributed by atoms with Crippen molar-refractivity contribution in [3.05, 3.63) is 53.6 Å². The highest BCUT2D eigenvalue weighted by Gasteiger charge is 2.20. The molecule has 0 saturated heterocycles. The summed E-state index contributed by atoms with van der Waals surface area (Å²) in [6.45, 7) is 3.97. The molecular formula is C19H22N2O4. The number of aromatic hydroxyl groups is 2. The van der Waals surface area contributed by atoms with Gasteiger partial charge in [-0.15, -0.1) is 0 Å². The molecule has 0 aliphatic carbocycles. The summed E-state index contributed by atoms with van der Waals surface area (Å²) < 4.78 is 5.00. The van der Waals surface area contributed by atoms with E-state index in [9.17, 15) is 15.0 Å². The number of ether oxygens (including phenoxy) is 1. The number of hydrogen-bond acceptors (Lipinski definition) is 5. The van der Waals surface area contributed by atoms with E-state index in [2.05, 4.69) is 10.3 Å². The average molecular weight is 342 g/mol. The van der Waals surface area contributed by atoms with Gasteiger partial charge in [0.15, 0.2) is 11.5 Å². The lowest BCUT2D eigenvalue weighted by Crippen LogP contribution is -2.37. The van der Waals surface area contributed by atoms with Crippen LogP contribution in [0.3, 0.4) is 0 Å². The Balaban J connectivity index is 2.04. The molecule has 0 heterocycles. The van der Waals surface area contributed by atoms with Crippen LogP contribution in [0, 0.1) is 0 Å². The van der Waals surface area contributed by atoms with E-state index in [4.69, 9.17) is 4.74 Å². The first kappa shape index (κ1) is 18.3. The topological polar surface area (TPSA) is 91.2 Å². The maximum atomic E-state index is 12.3. The second-order valence-corrected chi connectivity index (χ2v) is 6.17. The third-order valence-electron chi connectivity index (χ3n) is 3.63. The largest absolute Gasteiger partial charge is 0.507 e. The third-order valence-corrected chi connectivity index (χ3v) is 3.63. The van der Waals surface area contributed by atoms with Crippen molar-refractivity contribution in [3.63, 3.8) is 0 Å². The number of aliphatic imine (C=N–C) groups is 1. The summed E-state index contributed by atoms with van der Waals surface area (Å²) in [5.74, 6) is -0.225. The highest BCUT2D eigenvalue weighted by Crippen LogP contribution is 2.29. The first-order valence-electron chi connectivity index (χ1n) is 7.81. The fraction of sp³-hybridized carbons (Fsp3) is 0.263. The van der Waals surface area contributed by atoms with E-state index in [0.717, 1.165) is 0 Å². The number of nitrogens with zero attached hydrogens (tertiary/aromatic N) is 1. The molecule has 0 unspecified atom stereocenters. The van der Waals surface area contributed by atoms with Gasteiger partial charge in [0, 0.05) is 18.3 Å². The van der Waals surface area contributed by atoms with Gasteiger partial charge in [-0.05, 0) is 38.1 Å². The Morgan fingerprint density at radius 2 is 1.92 bits per heavy atom. The van der Waals surface area contributed by atoms with Crippen LogP contribution in [0.25, 0.3) is 0 Å². The van der Waals surface area contributed by atoms with E-state index < -0.39 is 11.4 Å². The van der Waals surface area contributed by atoms with Crippen LogP contribution in [-0.4, -0.2) is 41.5 Å². The van der Waals surface area contributed by atoms with Crippen LogP contribution >= 0.6 is 0 Å². The molecule has 0 bridgehead atoms. The van der Waals surface area contributed by atoms with E-state index in [1.165, 1.54) is 13.2 Å². The molecule has 25 heavy (non-hydrogen) atoms. The van der Waals surface area contributed by atoms with Gasteiger partial charge >= 0.3 is 0 Å². The Labute approximate surface area is 146 Å². The van der Waals surface area contributed by atoms with Gasteiger partial charge in [0.25, 0.3) is 5.91 Å². The number of para-hydroxylation sites is 2. The second kappa shape index (κ2) is 7.70. The number of methoxy groups -OCH3 is 1. The molecular weight excluding hydrogens is 320 g/mol. The molecule has 0 radical (unpaired) electrons. The molecule has 2 aromatic rings. The molecule has 6 heteroatoms. The molecule has 0 spiro atoms. The first-order valence-corrected chi connectivity index (χ1v) is 7.81. The van der Waals surface area contributed by atoms with Gasteiger partial charge in [-0.3, -0.25) is 9.79 Å². The zero-order valence-electron chi connectivity index (χ0n) is 14.5. The molecule has 2 aromatic carbocycles. The summed E-state index contributed by atoms with van der Waals surface area (Å²) >= 11 is 0. The van der Waals surface area contributed by atoms with Gasteiger partial charge in [0.05, 0.1) is 18.2 Å². The minimum absolute atomic E-state index is 0.139. The molecule has 2 rings (SSSR count). The number of phenols is 2. The summed E-state index contributed by atoms with van der Waals surface area (Å²) in [6.07, 6.45) is 1.57. The number of carbonyl (C=O) groups excluding carboxylic acids is 1. The van der Waals surface area contributed by atoms with Gasteiger partial charge in [0.2, 0.25) is 0 Å². The Bertz CT molecular complexity index is 785. The number of phenolic OH excluding ortho intramolecular Hbond substituents is 2. The highest BCUT2D eigenvalue weighted by atomic mass is 16.5. The van der Waals surface area contributed by atoms with Crippen LogP contribution in [0.2, 0.25) is 0 Å². The predicted molar refractivity (Wildman–Crippen MR) is 96.8 cm³/mol. The smallest absolute Gasteiger partial charge is 0.255 e. The molecule has 0 saturated carbocycles. The minimum Gasteiger partial charge on any atom is -0.507 e. The summed E-state index contributed by atoms with van der Waals surface area (Å²) in [4.78, 5) is 16.7. The number of rotatable bonds is 6. The Morgan fingerprint density at radius 1 is 1.20 bits per heavy atom. The first-order chi connectivity index (χ1) is 11.8. The maximum absolute atomic E-state index is 12.3. The van der Waals surface area contributed by atoms with Crippen molar-refractivity contribution in [2.45, 2.75) is 19.4 Å². The van der Waals surface area contributed by atoms with Crippen LogP contribution in [0.1, 0.15) is 29.8 Å². The fourth-order valence-electron chi connectivity index (χ4n) is 2.15. The lowest BCUT2D eigenvalue weighted by Gasteiger charge is -2.20. The summed E-state index contributed by atoms with van der Waals surface area (Å²) in [5.41, 5.74) is 0.152. The summed E-state index contributed by atoms with van der Waals surface area (Å²) in [7, 11) is 1.42. The summed E-state index contributed by atoms with van der Waals surface area (Å²) in [5, 5.41) is 22.5. The normalized spacial score (nSPS) is 11.5. The molecule has 132 valence electrons. The van der Waals surface area contributed by atoms with Crippen molar-refractivity contribution in [2.24, 2.45) is 4.99 Å². The van der Waals surface area contributed by atoms with Crippen molar-refractivity contribution < 1.29 is 19.7 Å². The predicted octanol–water partition coefficient (Wildman–Crippen LogP) is 2.73. The van der Waals surface area contributed by atoms with Crippen LogP contribution in [-0.2, 0) is 0 Å². The number of carbonyl (C=O) groups is 1. The van der Waals surface area contributed by atoms with E-state index in [-0.39, 0.29) is 29.4 Å². The van der Waals surface area contributed by atoms with Crippen LogP contribution < -0.4 is 10.1 Å². The average Bonchev–Trinajstić information content (AvgIpc) is 2.59. The van der Waals surface area contributed by atoms with Gasteiger partial charge < -0.3 is 20.3 Å². The van der Waals surface area contributed by atoms with E-state index in [1.807, 2.05) is 13.8 Å². The molecule has 0 atom stereocenters. The van der Waals surface area contributed by atoms with Crippen molar-refractivity contribution >= 4 is 12.1 Å². The van der Waals surface area contributed by atoms with E-state index >= 15 is 0 Å². The van der Waals surface area contributed by atoms with Crippen LogP contribution in [0.5, 0.6) is 17.2 Å². The monoisotopic (exact) mass is 342 g/mol. The van der Waals surface area contributed by atoms with E-state index in [1.54, 1.807) is 42.6 Å². The molecule has 0 aliphatic heterocycles. The van der Waals surface area contributed by atoms with Gasteiger partial charge in [-0.25, -0.2) is 0 Å². The fourth-order valence-corrected chi connectivity index (χ4v) is 2.15. The number of hydrogen-bond donors (Lipinski definition) is 3. The number of benzene rings is 2. The van der Waals surface area contributed by atoms with Gasteiger partial charge in [-0.1, -0.05) is 18.2 Å². The highest BCUT2D eigenvalue weighted by molar-refractivity contribution is 5.97. The van der Waals surface area contributed by atoms with Gasteiger partial charge in [0.1, 0.15) is 5.75 Å². The Morgan fingerprint density at radius 3 is 2.60 bits per heavy atom. The molecule has 1 amide bonds. The Kier molecular flexibility index (Phi) is 5.64. The molecule has 0 aliphatic rings. The lowest BCUT2D eigenvalue weighted by atomic mass is 10.1. The third kappa shape index (κ3) is 4.73. The quantitative estimate of drug-likeness (QED) is 0.704. The standard InChI is InChI=1S/C19H22N2O4/c1-19(2,21-11-13-7-4-5-9-15(13)22)12-20-18(24)14-8-6-10-16(25-3)17(14)23/h4-11,22-23H,12H2,1-3H3,(H,20,24). The van der Waals surface area contributed by atoms with Crippen molar-refractivity contribution in [1.29, 1.82) is 0 Å².